The molecule has 0 saturated heterocycles. The van der Waals surface area contributed by atoms with E-state index in [9.17, 15) is 4.39 Å². The molecule has 7 heteroatoms. The van der Waals surface area contributed by atoms with Gasteiger partial charge in [0, 0.05) is 12.3 Å². The first-order valence-corrected chi connectivity index (χ1v) is 6.31. The summed E-state index contributed by atoms with van der Waals surface area (Å²) < 4.78 is 20.2. The van der Waals surface area contributed by atoms with Crippen LogP contribution in [0.2, 0.25) is 0 Å². The molecule has 0 N–H and O–H groups in total. The Bertz CT molecular complexity index is 727. The Morgan fingerprint density at radius 2 is 1.95 bits per heavy atom. The third-order valence-corrected chi connectivity index (χ3v) is 2.93. The van der Waals surface area contributed by atoms with Gasteiger partial charge in [0.25, 0.3) is 0 Å². The third kappa shape index (κ3) is 2.86. The number of hydrogen-bond acceptors (Lipinski definition) is 5. The third-order valence-electron chi connectivity index (χ3n) is 2.93. The Morgan fingerprint density at radius 3 is 2.67 bits per heavy atom. The lowest BCUT2D eigenvalue weighted by atomic mass is 10.3. The van der Waals surface area contributed by atoms with Gasteiger partial charge in [-0.2, -0.15) is 5.10 Å². The van der Waals surface area contributed by atoms with Crippen molar-refractivity contribution in [2.75, 3.05) is 0 Å². The average molecular weight is 285 g/mol. The molecule has 0 atom stereocenters. The lowest BCUT2D eigenvalue weighted by molar-refractivity contribution is 0.281. The highest BCUT2D eigenvalue weighted by Gasteiger charge is 2.12. The summed E-state index contributed by atoms with van der Waals surface area (Å²) >= 11 is 0. The van der Waals surface area contributed by atoms with Crippen molar-refractivity contribution in [3.8, 4) is 11.6 Å². The number of halogens is 1. The standard InChI is InChI=1S/C14H12FN5O/c1-10-13(9-21-14-3-2-8-16-18-14)20(19-17-10)12-6-4-11(15)5-7-12/h2-8H,9H2,1H3. The smallest absolute Gasteiger partial charge is 0.233 e. The number of ether oxygens (including phenoxy) is 1. The van der Waals surface area contributed by atoms with E-state index in [0.717, 1.165) is 17.1 Å². The van der Waals surface area contributed by atoms with Gasteiger partial charge in [-0.1, -0.05) is 5.21 Å². The zero-order valence-corrected chi connectivity index (χ0v) is 11.3. The first kappa shape index (κ1) is 13.2. The Hall–Kier alpha value is -2.83. The highest BCUT2D eigenvalue weighted by atomic mass is 19.1. The molecule has 0 unspecified atom stereocenters. The van der Waals surface area contributed by atoms with Gasteiger partial charge in [0.1, 0.15) is 18.1 Å². The van der Waals surface area contributed by atoms with Crippen molar-refractivity contribution >= 4 is 0 Å². The molecule has 0 bridgehead atoms. The molecule has 0 aliphatic rings. The Labute approximate surface area is 120 Å². The van der Waals surface area contributed by atoms with E-state index in [4.69, 9.17) is 4.74 Å². The second kappa shape index (κ2) is 5.66. The van der Waals surface area contributed by atoms with Gasteiger partial charge in [-0.15, -0.1) is 10.2 Å². The molecule has 106 valence electrons. The normalized spacial score (nSPS) is 10.6. The van der Waals surface area contributed by atoms with Crippen molar-refractivity contribution in [3.63, 3.8) is 0 Å². The number of nitrogens with zero attached hydrogens (tertiary/aromatic N) is 5. The number of benzene rings is 1. The lowest BCUT2D eigenvalue weighted by Crippen LogP contribution is -2.07. The van der Waals surface area contributed by atoms with E-state index in [-0.39, 0.29) is 12.4 Å². The Balaban J connectivity index is 1.85. The highest BCUT2D eigenvalue weighted by Crippen LogP contribution is 2.15. The summed E-state index contributed by atoms with van der Waals surface area (Å²) in [5.74, 6) is 0.122. The molecule has 0 amide bonds. The van der Waals surface area contributed by atoms with Crippen LogP contribution in [0.3, 0.4) is 0 Å². The van der Waals surface area contributed by atoms with Crippen LogP contribution < -0.4 is 4.74 Å². The predicted molar refractivity (Wildman–Crippen MR) is 72.4 cm³/mol. The van der Waals surface area contributed by atoms with Gasteiger partial charge in [0.2, 0.25) is 5.88 Å². The highest BCUT2D eigenvalue weighted by molar-refractivity contribution is 5.33. The topological polar surface area (TPSA) is 65.7 Å². The molecule has 2 heterocycles. The Morgan fingerprint density at radius 1 is 1.14 bits per heavy atom. The van der Waals surface area contributed by atoms with Gasteiger partial charge in [-0.05, 0) is 37.3 Å². The zero-order chi connectivity index (χ0) is 14.7. The van der Waals surface area contributed by atoms with E-state index in [1.165, 1.54) is 12.1 Å². The molecule has 21 heavy (non-hydrogen) atoms. The fourth-order valence-corrected chi connectivity index (χ4v) is 1.84. The number of aromatic nitrogens is 5. The Kier molecular flexibility index (Phi) is 3.55. The summed E-state index contributed by atoms with van der Waals surface area (Å²) in [5, 5.41) is 15.7. The summed E-state index contributed by atoms with van der Waals surface area (Å²) in [5.41, 5.74) is 2.23. The van der Waals surface area contributed by atoms with Crippen molar-refractivity contribution in [2.24, 2.45) is 0 Å². The molecule has 0 saturated carbocycles. The average Bonchev–Trinajstić information content (AvgIpc) is 2.88. The van der Waals surface area contributed by atoms with Gasteiger partial charge in [-0.25, -0.2) is 9.07 Å². The first-order valence-electron chi connectivity index (χ1n) is 6.31. The van der Waals surface area contributed by atoms with E-state index in [0.29, 0.717) is 5.88 Å². The van der Waals surface area contributed by atoms with Crippen LogP contribution in [0.1, 0.15) is 11.4 Å². The summed E-state index contributed by atoms with van der Waals surface area (Å²) in [6, 6.07) is 9.48. The van der Waals surface area contributed by atoms with Crippen LogP contribution in [-0.2, 0) is 6.61 Å². The van der Waals surface area contributed by atoms with Crippen LogP contribution in [0.4, 0.5) is 4.39 Å². The fraction of sp³-hybridized carbons (Fsp3) is 0.143. The summed E-state index contributed by atoms with van der Waals surface area (Å²) in [7, 11) is 0. The zero-order valence-electron chi connectivity index (χ0n) is 11.3. The van der Waals surface area contributed by atoms with Crippen molar-refractivity contribution < 1.29 is 9.13 Å². The second-order valence-corrected chi connectivity index (χ2v) is 4.36. The summed E-state index contributed by atoms with van der Waals surface area (Å²) in [6.45, 7) is 2.08. The largest absolute Gasteiger partial charge is 0.470 e. The van der Waals surface area contributed by atoms with Crippen LogP contribution in [0.25, 0.3) is 5.69 Å². The van der Waals surface area contributed by atoms with E-state index in [1.54, 1.807) is 35.1 Å². The van der Waals surface area contributed by atoms with Crippen LogP contribution >= 0.6 is 0 Å². The molecule has 0 aliphatic heterocycles. The molecule has 0 fully saturated rings. The van der Waals surface area contributed by atoms with Gasteiger partial charge in [0.05, 0.1) is 11.4 Å². The minimum Gasteiger partial charge on any atom is -0.470 e. The molecular formula is C14H12FN5O. The quantitative estimate of drug-likeness (QED) is 0.734. The van der Waals surface area contributed by atoms with Crippen LogP contribution in [0.15, 0.2) is 42.6 Å². The van der Waals surface area contributed by atoms with Crippen LogP contribution in [0, 0.1) is 12.7 Å². The fourth-order valence-electron chi connectivity index (χ4n) is 1.84. The molecule has 2 aromatic heterocycles. The summed E-state index contributed by atoms with van der Waals surface area (Å²) in [4.78, 5) is 0. The van der Waals surface area contributed by atoms with E-state index < -0.39 is 0 Å². The molecule has 3 aromatic rings. The summed E-state index contributed by atoms with van der Waals surface area (Å²) in [6.07, 6.45) is 1.57. The second-order valence-electron chi connectivity index (χ2n) is 4.36. The van der Waals surface area contributed by atoms with Gasteiger partial charge >= 0.3 is 0 Å². The van der Waals surface area contributed by atoms with Gasteiger partial charge < -0.3 is 4.74 Å². The van der Waals surface area contributed by atoms with Gasteiger partial charge in [0.15, 0.2) is 0 Å². The molecule has 0 spiro atoms. The minimum absolute atomic E-state index is 0.245. The maximum absolute atomic E-state index is 13.0. The predicted octanol–water partition coefficient (Wildman–Crippen LogP) is 2.08. The lowest BCUT2D eigenvalue weighted by Gasteiger charge is -2.08. The van der Waals surface area contributed by atoms with Crippen molar-refractivity contribution in [2.45, 2.75) is 13.5 Å². The maximum Gasteiger partial charge on any atom is 0.233 e. The number of hydrogen-bond donors (Lipinski definition) is 0. The molecule has 6 nitrogen and oxygen atoms in total. The van der Waals surface area contributed by atoms with Crippen molar-refractivity contribution in [1.29, 1.82) is 0 Å². The van der Waals surface area contributed by atoms with Gasteiger partial charge in [-0.3, -0.25) is 0 Å². The molecule has 1 aromatic carbocycles. The van der Waals surface area contributed by atoms with Crippen LogP contribution in [0.5, 0.6) is 5.88 Å². The molecular weight excluding hydrogens is 273 g/mol. The first-order chi connectivity index (χ1) is 10.2. The van der Waals surface area contributed by atoms with E-state index in [1.807, 2.05) is 6.92 Å². The van der Waals surface area contributed by atoms with E-state index >= 15 is 0 Å². The molecule has 0 radical (unpaired) electrons. The maximum atomic E-state index is 13.0. The van der Waals surface area contributed by atoms with Crippen molar-refractivity contribution in [3.05, 3.63) is 59.8 Å². The minimum atomic E-state index is -0.298. The molecule has 3 rings (SSSR count). The van der Waals surface area contributed by atoms with Crippen LogP contribution in [-0.4, -0.2) is 25.2 Å². The number of aryl methyl sites for hydroxylation is 1. The van der Waals surface area contributed by atoms with E-state index in [2.05, 4.69) is 20.5 Å². The number of rotatable bonds is 4. The monoisotopic (exact) mass is 285 g/mol. The van der Waals surface area contributed by atoms with Crippen molar-refractivity contribution in [1.82, 2.24) is 25.2 Å². The molecule has 0 aliphatic carbocycles. The SMILES string of the molecule is Cc1nnn(-c2ccc(F)cc2)c1COc1cccnn1.